The smallest absolute Gasteiger partial charge is 0.169 e. The van der Waals surface area contributed by atoms with Gasteiger partial charge in [0.1, 0.15) is 23.1 Å². The summed E-state index contributed by atoms with van der Waals surface area (Å²) in [6.45, 7) is -0.0702. The summed E-state index contributed by atoms with van der Waals surface area (Å²) in [7, 11) is 0. The van der Waals surface area contributed by atoms with Crippen molar-refractivity contribution in [1.29, 1.82) is 0 Å². The Labute approximate surface area is 130 Å². The van der Waals surface area contributed by atoms with Crippen molar-refractivity contribution in [2.45, 2.75) is 6.61 Å². The molecule has 8 heteroatoms. The molecule has 0 saturated carbocycles. The molecular formula is C13H8BrF2N3OS. The first-order chi connectivity index (χ1) is 10.0. The molecule has 2 aromatic heterocycles. The topological polar surface area (TPSA) is 61.0 Å². The molecule has 0 radical (unpaired) electrons. The Hall–Kier alpha value is -1.80. The fraction of sp³-hybridized carbons (Fsp3) is 0.0769. The minimum atomic E-state index is -0.799. The van der Waals surface area contributed by atoms with Crippen molar-refractivity contribution in [1.82, 2.24) is 9.97 Å². The highest BCUT2D eigenvalue weighted by molar-refractivity contribution is 9.10. The van der Waals surface area contributed by atoms with Gasteiger partial charge in [-0.15, -0.1) is 11.3 Å². The fourth-order valence-electron chi connectivity index (χ4n) is 1.79. The van der Waals surface area contributed by atoms with E-state index in [9.17, 15) is 8.78 Å². The van der Waals surface area contributed by atoms with Gasteiger partial charge < -0.3 is 10.5 Å². The average molecular weight is 372 g/mol. The number of benzene rings is 1. The molecule has 21 heavy (non-hydrogen) atoms. The van der Waals surface area contributed by atoms with E-state index in [4.69, 9.17) is 10.5 Å². The van der Waals surface area contributed by atoms with Gasteiger partial charge in [0.2, 0.25) is 0 Å². The third kappa shape index (κ3) is 2.81. The third-order valence-electron chi connectivity index (χ3n) is 2.71. The number of fused-ring (bicyclic) bond motifs is 1. The molecule has 0 fully saturated rings. The summed E-state index contributed by atoms with van der Waals surface area (Å²) in [5, 5.41) is 2.63. The molecule has 0 saturated heterocycles. The van der Waals surface area contributed by atoms with Crippen molar-refractivity contribution in [3.63, 3.8) is 0 Å². The van der Waals surface area contributed by atoms with Crippen molar-refractivity contribution in [3.05, 3.63) is 45.5 Å². The Morgan fingerprint density at radius 2 is 2.10 bits per heavy atom. The lowest BCUT2D eigenvalue weighted by Crippen LogP contribution is -2.05. The molecule has 3 aromatic rings. The summed E-state index contributed by atoms with van der Waals surface area (Å²) < 4.78 is 32.1. The Bertz CT molecular complexity index is 801. The van der Waals surface area contributed by atoms with Crippen LogP contribution in [0.4, 0.5) is 14.6 Å². The van der Waals surface area contributed by atoms with Crippen LogP contribution < -0.4 is 10.5 Å². The number of nitrogen functional groups attached to an aromatic ring is 1. The Kier molecular flexibility index (Phi) is 3.73. The lowest BCUT2D eigenvalue weighted by Gasteiger charge is -2.09. The number of nitrogens with two attached hydrogens (primary N) is 1. The molecule has 0 unspecified atom stereocenters. The number of nitrogens with zero attached hydrogens (tertiary/aromatic N) is 2. The number of ether oxygens (including phenoxy) is 1. The maximum absolute atomic E-state index is 13.6. The van der Waals surface area contributed by atoms with Crippen LogP contribution in [0.3, 0.4) is 0 Å². The molecule has 0 amide bonds. The summed E-state index contributed by atoms with van der Waals surface area (Å²) in [6, 6.07) is 3.70. The molecule has 0 aliphatic heterocycles. The lowest BCUT2D eigenvalue weighted by atomic mass is 10.3. The van der Waals surface area contributed by atoms with E-state index in [0.29, 0.717) is 11.6 Å². The quantitative estimate of drug-likeness (QED) is 0.758. The monoisotopic (exact) mass is 371 g/mol. The van der Waals surface area contributed by atoms with Crippen molar-refractivity contribution >= 4 is 43.3 Å². The number of anilines is 1. The summed E-state index contributed by atoms with van der Waals surface area (Å²) >= 11 is 4.48. The molecular weight excluding hydrogens is 364 g/mol. The summed E-state index contributed by atoms with van der Waals surface area (Å²) in [5.74, 6) is -0.902. The molecule has 0 atom stereocenters. The first-order valence-corrected chi connectivity index (χ1v) is 7.49. The molecule has 0 aliphatic rings. The average Bonchev–Trinajstić information content (AvgIpc) is 2.86. The van der Waals surface area contributed by atoms with Crippen molar-refractivity contribution in [2.24, 2.45) is 0 Å². The minimum absolute atomic E-state index is 0.0702. The number of rotatable bonds is 3. The maximum atomic E-state index is 13.6. The van der Waals surface area contributed by atoms with E-state index in [2.05, 4.69) is 25.9 Å². The lowest BCUT2D eigenvalue weighted by molar-refractivity contribution is 0.279. The third-order valence-corrected chi connectivity index (χ3v) is 4.11. The number of hydrogen-bond acceptors (Lipinski definition) is 5. The van der Waals surface area contributed by atoms with E-state index in [1.165, 1.54) is 11.3 Å². The molecule has 1 aromatic carbocycles. The summed E-state index contributed by atoms with van der Waals surface area (Å²) in [6.07, 6.45) is 0. The van der Waals surface area contributed by atoms with Gasteiger partial charge in [0.25, 0.3) is 0 Å². The van der Waals surface area contributed by atoms with Gasteiger partial charge in [-0.25, -0.2) is 18.7 Å². The number of aromatic nitrogens is 2. The molecule has 108 valence electrons. The van der Waals surface area contributed by atoms with Gasteiger partial charge in [-0.1, -0.05) is 0 Å². The van der Waals surface area contributed by atoms with Gasteiger partial charge in [-0.3, -0.25) is 0 Å². The van der Waals surface area contributed by atoms with Crippen molar-refractivity contribution < 1.29 is 13.5 Å². The van der Waals surface area contributed by atoms with E-state index in [-0.39, 0.29) is 16.8 Å². The fourth-order valence-corrected chi connectivity index (χ4v) is 3.11. The maximum Gasteiger partial charge on any atom is 0.169 e. The largest absolute Gasteiger partial charge is 0.481 e. The van der Waals surface area contributed by atoms with Crippen LogP contribution in [0.5, 0.6) is 5.75 Å². The van der Waals surface area contributed by atoms with Gasteiger partial charge in [-0.2, -0.15) is 0 Å². The standard InChI is InChI=1S/C13H8BrF2N3OS/c14-8-3-6(15)4-9(16)11(8)20-5-10-18-12(17)7-1-2-21-13(7)19-10/h1-4H,5H2,(H2,17,18,19). The second-order valence-electron chi connectivity index (χ2n) is 4.15. The van der Waals surface area contributed by atoms with Crippen LogP contribution >= 0.6 is 27.3 Å². The molecule has 2 heterocycles. The number of thiophene rings is 1. The Balaban J connectivity index is 1.86. The second kappa shape index (κ2) is 5.53. The zero-order valence-corrected chi connectivity index (χ0v) is 12.8. The first-order valence-electron chi connectivity index (χ1n) is 5.81. The molecule has 0 spiro atoms. The zero-order valence-electron chi connectivity index (χ0n) is 10.4. The van der Waals surface area contributed by atoms with Gasteiger partial charge in [0.15, 0.2) is 17.4 Å². The van der Waals surface area contributed by atoms with Crippen molar-refractivity contribution in [2.75, 3.05) is 5.73 Å². The van der Waals surface area contributed by atoms with Gasteiger partial charge >= 0.3 is 0 Å². The van der Waals surface area contributed by atoms with Gasteiger partial charge in [0.05, 0.1) is 9.86 Å². The summed E-state index contributed by atoms with van der Waals surface area (Å²) in [4.78, 5) is 9.12. The Morgan fingerprint density at radius 1 is 1.29 bits per heavy atom. The van der Waals surface area contributed by atoms with Crippen LogP contribution in [0.25, 0.3) is 10.2 Å². The van der Waals surface area contributed by atoms with Crippen LogP contribution in [0, 0.1) is 11.6 Å². The van der Waals surface area contributed by atoms with E-state index in [1.807, 2.05) is 11.4 Å². The highest BCUT2D eigenvalue weighted by Gasteiger charge is 2.13. The van der Waals surface area contributed by atoms with Crippen molar-refractivity contribution in [3.8, 4) is 5.75 Å². The van der Waals surface area contributed by atoms with E-state index < -0.39 is 11.6 Å². The SMILES string of the molecule is Nc1nc(COc2c(F)cc(F)cc2Br)nc2sccc12. The molecule has 2 N–H and O–H groups in total. The normalized spacial score (nSPS) is 11.0. The van der Waals surface area contributed by atoms with Crippen LogP contribution in [-0.4, -0.2) is 9.97 Å². The summed E-state index contributed by atoms with van der Waals surface area (Å²) in [5.41, 5.74) is 5.82. The first kappa shape index (κ1) is 14.2. The highest BCUT2D eigenvalue weighted by Crippen LogP contribution is 2.30. The van der Waals surface area contributed by atoms with E-state index in [1.54, 1.807) is 0 Å². The predicted molar refractivity (Wildman–Crippen MR) is 80.2 cm³/mol. The molecule has 0 bridgehead atoms. The van der Waals surface area contributed by atoms with Crippen LogP contribution in [0.2, 0.25) is 0 Å². The van der Waals surface area contributed by atoms with Crippen LogP contribution in [0.1, 0.15) is 5.82 Å². The molecule has 3 rings (SSSR count). The second-order valence-corrected chi connectivity index (χ2v) is 5.90. The van der Waals surface area contributed by atoms with Crippen LogP contribution in [-0.2, 0) is 6.61 Å². The van der Waals surface area contributed by atoms with Gasteiger partial charge in [0, 0.05) is 6.07 Å². The number of hydrogen-bond donors (Lipinski definition) is 1. The zero-order chi connectivity index (χ0) is 15.0. The van der Waals surface area contributed by atoms with E-state index >= 15 is 0 Å². The van der Waals surface area contributed by atoms with E-state index in [0.717, 1.165) is 22.3 Å². The molecule has 4 nitrogen and oxygen atoms in total. The molecule has 0 aliphatic carbocycles. The Morgan fingerprint density at radius 3 is 2.86 bits per heavy atom. The minimum Gasteiger partial charge on any atom is -0.481 e. The van der Waals surface area contributed by atoms with Crippen LogP contribution in [0.15, 0.2) is 28.1 Å². The number of halogens is 3. The van der Waals surface area contributed by atoms with Gasteiger partial charge in [-0.05, 0) is 33.4 Å². The predicted octanol–water partition coefficient (Wildman–Crippen LogP) is 3.89. The highest BCUT2D eigenvalue weighted by atomic mass is 79.9.